The summed E-state index contributed by atoms with van der Waals surface area (Å²) in [5.41, 5.74) is -0.315. The van der Waals surface area contributed by atoms with Crippen LogP contribution in [0.15, 0.2) is 36.5 Å². The summed E-state index contributed by atoms with van der Waals surface area (Å²) in [4.78, 5) is 2.91. The first-order valence-corrected chi connectivity index (χ1v) is 8.17. The maximum Gasteiger partial charge on any atom is 0.427 e. The minimum Gasteiger partial charge on any atom is -0.483 e. The van der Waals surface area contributed by atoms with Crippen molar-refractivity contribution in [2.75, 3.05) is 0 Å². The van der Waals surface area contributed by atoms with Gasteiger partial charge in [-0.3, -0.25) is 4.98 Å². The van der Waals surface area contributed by atoms with Gasteiger partial charge in [0.15, 0.2) is 17.4 Å². The van der Waals surface area contributed by atoms with Gasteiger partial charge in [0.25, 0.3) is 0 Å². The van der Waals surface area contributed by atoms with Gasteiger partial charge in [0.1, 0.15) is 17.2 Å². The molecule has 1 aromatic carbocycles. The fourth-order valence-corrected chi connectivity index (χ4v) is 3.02. The van der Waals surface area contributed by atoms with Crippen LogP contribution < -0.4 is 4.74 Å². The van der Waals surface area contributed by atoms with E-state index in [4.69, 9.17) is 16.3 Å². The second kappa shape index (κ2) is 7.16. The Bertz CT molecular complexity index is 907. The molecule has 0 atom stereocenters. The smallest absolute Gasteiger partial charge is 0.427 e. The van der Waals surface area contributed by atoms with Gasteiger partial charge in [0.05, 0.1) is 10.7 Å². The molecule has 0 saturated heterocycles. The molecule has 0 aliphatic carbocycles. The molecule has 2 heterocycles. The minimum atomic E-state index is -4.70. The summed E-state index contributed by atoms with van der Waals surface area (Å²) in [7, 11) is 0. The molecule has 10 heteroatoms. The maximum absolute atomic E-state index is 13.7. The molecule has 2 aromatic heterocycles. The van der Waals surface area contributed by atoms with E-state index in [0.717, 1.165) is 18.2 Å². The molecule has 0 fully saturated rings. The summed E-state index contributed by atoms with van der Waals surface area (Å²) in [6.07, 6.45) is -3.44. The summed E-state index contributed by atoms with van der Waals surface area (Å²) in [5.74, 6) is -2.80. The lowest BCUT2D eigenvalue weighted by Crippen LogP contribution is -2.09. The third-order valence-electron chi connectivity index (χ3n) is 3.30. The van der Waals surface area contributed by atoms with Crippen molar-refractivity contribution < 1.29 is 26.7 Å². The number of hydrogen-bond acceptors (Lipinski definition) is 4. The van der Waals surface area contributed by atoms with Crippen LogP contribution in [0, 0.1) is 11.6 Å². The average molecular weight is 407 g/mol. The third kappa shape index (κ3) is 3.78. The molecule has 3 aromatic rings. The zero-order valence-corrected chi connectivity index (χ0v) is 14.2. The lowest BCUT2D eigenvalue weighted by atomic mass is 10.1. The fraction of sp³-hybridized carbons (Fsp3) is 0.125. The second-order valence-electron chi connectivity index (χ2n) is 5.04. The summed E-state index contributed by atoms with van der Waals surface area (Å²) in [5, 5.41) is 0.297. The van der Waals surface area contributed by atoms with E-state index in [1.807, 2.05) is 0 Å². The van der Waals surface area contributed by atoms with Crippen molar-refractivity contribution in [2.45, 2.75) is 12.8 Å². The molecule has 0 radical (unpaired) electrons. The summed E-state index contributed by atoms with van der Waals surface area (Å²) in [6.45, 7) is -0.733. The molecule has 0 aliphatic rings. The molecular weight excluding hydrogens is 399 g/mol. The monoisotopic (exact) mass is 406 g/mol. The molecular formula is C16H8ClF5N2OS. The van der Waals surface area contributed by atoms with Crippen LogP contribution in [0.3, 0.4) is 0 Å². The van der Waals surface area contributed by atoms with Crippen molar-refractivity contribution in [3.05, 3.63) is 63.6 Å². The van der Waals surface area contributed by atoms with Crippen LogP contribution in [0.4, 0.5) is 22.0 Å². The lowest BCUT2D eigenvalue weighted by molar-refractivity contribution is -0.135. The van der Waals surface area contributed by atoms with E-state index in [2.05, 4.69) is 9.36 Å². The highest BCUT2D eigenvalue weighted by Crippen LogP contribution is 2.40. The number of aromatic nitrogens is 2. The molecule has 26 heavy (non-hydrogen) atoms. The van der Waals surface area contributed by atoms with E-state index < -0.39 is 35.0 Å². The molecule has 0 saturated carbocycles. The molecule has 0 N–H and O–H groups in total. The number of alkyl halides is 3. The van der Waals surface area contributed by atoms with Crippen LogP contribution in [0.5, 0.6) is 5.75 Å². The summed E-state index contributed by atoms with van der Waals surface area (Å²) >= 11 is 5.93. The van der Waals surface area contributed by atoms with E-state index in [0.29, 0.717) is 5.02 Å². The van der Waals surface area contributed by atoms with Gasteiger partial charge in [-0.05, 0) is 35.8 Å². The van der Waals surface area contributed by atoms with Gasteiger partial charge in [-0.1, -0.05) is 17.7 Å². The number of rotatable bonds is 4. The highest BCUT2D eigenvalue weighted by Gasteiger charge is 2.38. The molecule has 3 rings (SSSR count). The first kappa shape index (κ1) is 18.5. The van der Waals surface area contributed by atoms with Gasteiger partial charge in [0, 0.05) is 11.8 Å². The Balaban J connectivity index is 2.01. The zero-order chi connectivity index (χ0) is 18.9. The molecule has 0 unspecified atom stereocenters. The predicted molar refractivity (Wildman–Crippen MR) is 86.0 cm³/mol. The largest absolute Gasteiger partial charge is 0.483 e. The molecule has 0 aliphatic heterocycles. The number of hydrogen-bond donors (Lipinski definition) is 0. The topological polar surface area (TPSA) is 35.0 Å². The second-order valence-corrected chi connectivity index (χ2v) is 6.25. The van der Waals surface area contributed by atoms with Crippen molar-refractivity contribution in [3.8, 4) is 17.1 Å². The van der Waals surface area contributed by atoms with Gasteiger partial charge < -0.3 is 4.74 Å². The van der Waals surface area contributed by atoms with Gasteiger partial charge in [-0.25, -0.2) is 8.78 Å². The number of para-hydroxylation sites is 1. The number of nitrogens with zero attached hydrogens (tertiary/aromatic N) is 2. The summed E-state index contributed by atoms with van der Waals surface area (Å²) in [6, 6.07) is 5.84. The molecule has 0 spiro atoms. The first-order chi connectivity index (χ1) is 12.3. The van der Waals surface area contributed by atoms with Gasteiger partial charge in [0.2, 0.25) is 0 Å². The Morgan fingerprint density at radius 2 is 1.77 bits per heavy atom. The van der Waals surface area contributed by atoms with E-state index in [1.54, 1.807) is 0 Å². The molecule has 136 valence electrons. The average Bonchev–Trinajstić information content (AvgIpc) is 2.99. The van der Waals surface area contributed by atoms with Crippen LogP contribution >= 0.6 is 23.1 Å². The van der Waals surface area contributed by atoms with Crippen molar-refractivity contribution in [3.63, 3.8) is 0 Å². The maximum atomic E-state index is 13.7. The van der Waals surface area contributed by atoms with Crippen LogP contribution in [0.25, 0.3) is 11.4 Å². The van der Waals surface area contributed by atoms with Crippen molar-refractivity contribution in [1.29, 1.82) is 0 Å². The lowest BCUT2D eigenvalue weighted by Gasteiger charge is -2.11. The quantitative estimate of drug-likeness (QED) is 0.519. The first-order valence-electron chi connectivity index (χ1n) is 7.02. The van der Waals surface area contributed by atoms with Crippen molar-refractivity contribution >= 4 is 23.1 Å². The van der Waals surface area contributed by atoms with Gasteiger partial charge in [-0.15, -0.1) is 0 Å². The Morgan fingerprint density at radius 1 is 1.08 bits per heavy atom. The van der Waals surface area contributed by atoms with Gasteiger partial charge >= 0.3 is 6.18 Å². The molecule has 3 nitrogen and oxygen atoms in total. The zero-order valence-electron chi connectivity index (χ0n) is 12.6. The van der Waals surface area contributed by atoms with Gasteiger partial charge in [-0.2, -0.15) is 17.5 Å². The van der Waals surface area contributed by atoms with Crippen molar-refractivity contribution in [2.24, 2.45) is 0 Å². The Labute approximate surface area is 153 Å². The fourth-order valence-electron chi connectivity index (χ4n) is 2.15. The third-order valence-corrected chi connectivity index (χ3v) is 4.45. The normalized spacial score (nSPS) is 11.6. The van der Waals surface area contributed by atoms with Crippen LogP contribution in [0.2, 0.25) is 5.02 Å². The summed E-state index contributed by atoms with van der Waals surface area (Å²) < 4.78 is 75.8. The molecule has 0 amide bonds. The number of ether oxygens (including phenoxy) is 1. The van der Waals surface area contributed by atoms with E-state index >= 15 is 0 Å². The standard InChI is InChI=1S/C16H8ClF5N2OS/c17-8-4-5-12(23-6-8)13-9(15(26-24-13)16(20,21)22)7-25-14-10(18)2-1-3-11(14)19/h1-6H,7H2. The Hall–Kier alpha value is -2.26. The number of pyridine rings is 1. The highest BCUT2D eigenvalue weighted by atomic mass is 35.5. The molecule has 0 bridgehead atoms. The highest BCUT2D eigenvalue weighted by molar-refractivity contribution is 7.06. The van der Waals surface area contributed by atoms with Crippen LogP contribution in [-0.4, -0.2) is 9.36 Å². The predicted octanol–water partition coefficient (Wildman–Crippen LogP) is 5.73. The van der Waals surface area contributed by atoms with Crippen LogP contribution in [0.1, 0.15) is 10.4 Å². The van der Waals surface area contributed by atoms with E-state index in [1.165, 1.54) is 18.3 Å². The SMILES string of the molecule is Fc1cccc(F)c1OCc1c(-c2ccc(Cl)cn2)nsc1C(F)(F)F. The van der Waals surface area contributed by atoms with Crippen LogP contribution in [-0.2, 0) is 12.8 Å². The number of halogens is 6. The minimum absolute atomic E-state index is 0.0873. The van der Waals surface area contributed by atoms with E-state index in [-0.39, 0.29) is 28.5 Å². The number of benzene rings is 1. The van der Waals surface area contributed by atoms with Crippen molar-refractivity contribution in [1.82, 2.24) is 9.36 Å². The van der Waals surface area contributed by atoms with E-state index in [9.17, 15) is 22.0 Å². The Kier molecular flexibility index (Phi) is 5.10. The Morgan fingerprint density at radius 3 is 2.35 bits per heavy atom.